The number of aryl methyl sites for hydroxylation is 1. The summed E-state index contributed by atoms with van der Waals surface area (Å²) in [4.78, 5) is 12.5. The van der Waals surface area contributed by atoms with Gasteiger partial charge in [0.05, 0.1) is 6.04 Å². The molecule has 1 aliphatic rings. The summed E-state index contributed by atoms with van der Waals surface area (Å²) in [6.07, 6.45) is 8.23. The maximum Gasteiger partial charge on any atom is 0.223 e. The van der Waals surface area contributed by atoms with Gasteiger partial charge in [0.25, 0.3) is 0 Å². The molecule has 2 atom stereocenters. The molecular weight excluding hydrogens is 258 g/mol. The highest BCUT2D eigenvalue weighted by molar-refractivity contribution is 5.79. The maximum absolute atomic E-state index is 12.5. The number of carbonyl (C=O) groups is 1. The Morgan fingerprint density at radius 2 is 1.95 bits per heavy atom. The topological polar surface area (TPSA) is 29.1 Å². The fraction of sp³-hybridized carbons (Fsp3) is 0.526. The Labute approximate surface area is 128 Å². The van der Waals surface area contributed by atoms with Crippen molar-refractivity contribution in [2.24, 2.45) is 11.8 Å². The van der Waals surface area contributed by atoms with Crippen LogP contribution in [0.5, 0.6) is 0 Å². The zero-order valence-corrected chi connectivity index (χ0v) is 13.4. The second kappa shape index (κ2) is 7.44. The van der Waals surface area contributed by atoms with E-state index in [4.69, 9.17) is 0 Å². The molecule has 21 heavy (non-hydrogen) atoms. The summed E-state index contributed by atoms with van der Waals surface area (Å²) in [5.74, 6) is 0.740. The van der Waals surface area contributed by atoms with Gasteiger partial charge in [0, 0.05) is 5.92 Å². The van der Waals surface area contributed by atoms with Gasteiger partial charge in [-0.15, -0.1) is 0 Å². The van der Waals surface area contributed by atoms with E-state index in [0.29, 0.717) is 5.92 Å². The van der Waals surface area contributed by atoms with E-state index in [0.717, 1.165) is 25.7 Å². The number of carbonyl (C=O) groups excluding carboxylic acids is 1. The third-order valence-electron chi connectivity index (χ3n) is 4.35. The zero-order chi connectivity index (χ0) is 15.2. The number of benzene rings is 1. The van der Waals surface area contributed by atoms with Crippen LogP contribution in [0.15, 0.2) is 36.4 Å². The number of nitrogens with one attached hydrogen (secondary N) is 1. The lowest BCUT2D eigenvalue weighted by atomic mass is 9.91. The average Bonchev–Trinajstić information content (AvgIpc) is 2.53. The van der Waals surface area contributed by atoms with E-state index in [9.17, 15) is 4.79 Å². The molecule has 1 amide bonds. The Bertz CT molecular complexity index is 487. The van der Waals surface area contributed by atoms with Gasteiger partial charge in [-0.05, 0) is 42.7 Å². The van der Waals surface area contributed by atoms with Gasteiger partial charge in [0.1, 0.15) is 0 Å². The van der Waals surface area contributed by atoms with Crippen molar-refractivity contribution in [1.29, 1.82) is 0 Å². The smallest absolute Gasteiger partial charge is 0.223 e. The van der Waals surface area contributed by atoms with Crippen LogP contribution >= 0.6 is 0 Å². The highest BCUT2D eigenvalue weighted by atomic mass is 16.1. The van der Waals surface area contributed by atoms with Crippen molar-refractivity contribution in [3.8, 4) is 0 Å². The summed E-state index contributed by atoms with van der Waals surface area (Å²) in [6.45, 7) is 6.49. The molecule has 114 valence electrons. The van der Waals surface area contributed by atoms with Crippen molar-refractivity contribution >= 4 is 5.91 Å². The summed E-state index contributed by atoms with van der Waals surface area (Å²) < 4.78 is 0. The monoisotopic (exact) mass is 285 g/mol. The Hall–Kier alpha value is -1.57. The summed E-state index contributed by atoms with van der Waals surface area (Å²) in [5.41, 5.74) is 2.55. The van der Waals surface area contributed by atoms with Gasteiger partial charge < -0.3 is 5.32 Å². The standard InChI is InChI=1S/C19H27NO/c1-4-15-10-12-16(13-11-15)18(14(2)3)20-19(21)17-8-6-5-7-9-17/h5-6,10-14,17-18H,4,7-9H2,1-3H3,(H,20,21). The van der Waals surface area contributed by atoms with Crippen LogP contribution in [0.3, 0.4) is 0 Å². The Balaban J connectivity index is 2.07. The summed E-state index contributed by atoms with van der Waals surface area (Å²) in [6, 6.07) is 8.75. The van der Waals surface area contributed by atoms with Crippen LogP contribution < -0.4 is 5.32 Å². The minimum Gasteiger partial charge on any atom is -0.349 e. The molecule has 1 aliphatic carbocycles. The predicted molar refractivity (Wildman–Crippen MR) is 88.0 cm³/mol. The first kappa shape index (κ1) is 15.8. The van der Waals surface area contributed by atoms with Crippen LogP contribution in [0.2, 0.25) is 0 Å². The van der Waals surface area contributed by atoms with E-state index in [2.05, 4.69) is 62.5 Å². The van der Waals surface area contributed by atoms with Crippen LogP contribution in [-0.2, 0) is 11.2 Å². The molecule has 2 nitrogen and oxygen atoms in total. The van der Waals surface area contributed by atoms with E-state index in [1.165, 1.54) is 11.1 Å². The fourth-order valence-electron chi connectivity index (χ4n) is 2.90. The fourth-order valence-corrected chi connectivity index (χ4v) is 2.90. The summed E-state index contributed by atoms with van der Waals surface area (Å²) in [5, 5.41) is 3.27. The van der Waals surface area contributed by atoms with Gasteiger partial charge in [-0.1, -0.05) is 57.2 Å². The molecule has 0 aliphatic heterocycles. The molecule has 0 aromatic heterocycles. The molecule has 1 aromatic carbocycles. The summed E-state index contributed by atoms with van der Waals surface area (Å²) in [7, 11) is 0. The molecule has 2 heteroatoms. The normalized spacial score (nSPS) is 19.5. The van der Waals surface area contributed by atoms with Gasteiger partial charge >= 0.3 is 0 Å². The lowest BCUT2D eigenvalue weighted by molar-refractivity contribution is -0.126. The van der Waals surface area contributed by atoms with Crippen LogP contribution in [0.4, 0.5) is 0 Å². The molecule has 0 saturated heterocycles. The first-order valence-electron chi connectivity index (χ1n) is 8.16. The Kier molecular flexibility index (Phi) is 5.60. The molecular formula is C19H27NO. The molecule has 0 spiro atoms. The first-order valence-corrected chi connectivity index (χ1v) is 8.16. The second-order valence-corrected chi connectivity index (χ2v) is 6.31. The third kappa shape index (κ3) is 4.20. The zero-order valence-electron chi connectivity index (χ0n) is 13.4. The van der Waals surface area contributed by atoms with E-state index >= 15 is 0 Å². The van der Waals surface area contributed by atoms with Crippen molar-refractivity contribution in [1.82, 2.24) is 5.32 Å². The van der Waals surface area contributed by atoms with E-state index in [1.54, 1.807) is 0 Å². The highest BCUT2D eigenvalue weighted by Gasteiger charge is 2.24. The largest absolute Gasteiger partial charge is 0.349 e. The minimum atomic E-state index is 0.106. The predicted octanol–water partition coefficient (Wildman–Crippen LogP) is 4.42. The second-order valence-electron chi connectivity index (χ2n) is 6.31. The van der Waals surface area contributed by atoms with Crippen molar-refractivity contribution < 1.29 is 4.79 Å². The molecule has 1 N–H and O–H groups in total. The van der Waals surface area contributed by atoms with Crippen molar-refractivity contribution in [3.05, 3.63) is 47.5 Å². The molecule has 0 saturated carbocycles. The van der Waals surface area contributed by atoms with Gasteiger partial charge in [0.15, 0.2) is 0 Å². The van der Waals surface area contributed by atoms with Crippen LogP contribution in [-0.4, -0.2) is 5.91 Å². The van der Waals surface area contributed by atoms with Gasteiger partial charge in [0.2, 0.25) is 5.91 Å². The number of amides is 1. The van der Waals surface area contributed by atoms with Crippen LogP contribution in [0.25, 0.3) is 0 Å². The quantitative estimate of drug-likeness (QED) is 0.797. The molecule has 0 fully saturated rings. The lowest BCUT2D eigenvalue weighted by Crippen LogP contribution is -2.36. The molecule has 1 aromatic rings. The minimum absolute atomic E-state index is 0.106. The van der Waals surface area contributed by atoms with Crippen molar-refractivity contribution in [2.45, 2.75) is 52.5 Å². The summed E-state index contributed by atoms with van der Waals surface area (Å²) >= 11 is 0. The molecule has 0 radical (unpaired) electrons. The molecule has 0 bridgehead atoms. The Morgan fingerprint density at radius 1 is 1.24 bits per heavy atom. The SMILES string of the molecule is CCc1ccc(C(NC(=O)C2CC=CCC2)C(C)C)cc1. The van der Waals surface area contributed by atoms with E-state index in [1.807, 2.05) is 0 Å². The average molecular weight is 285 g/mol. The van der Waals surface area contributed by atoms with Crippen LogP contribution in [0.1, 0.15) is 57.2 Å². The molecule has 2 rings (SSSR count). The number of allylic oxidation sites excluding steroid dienone is 2. The van der Waals surface area contributed by atoms with Gasteiger partial charge in [-0.2, -0.15) is 0 Å². The third-order valence-corrected chi connectivity index (χ3v) is 4.35. The lowest BCUT2D eigenvalue weighted by Gasteiger charge is -2.26. The maximum atomic E-state index is 12.5. The molecule has 2 unspecified atom stereocenters. The first-order chi connectivity index (χ1) is 10.1. The number of hydrogen-bond donors (Lipinski definition) is 1. The highest BCUT2D eigenvalue weighted by Crippen LogP contribution is 2.25. The Morgan fingerprint density at radius 3 is 2.48 bits per heavy atom. The van der Waals surface area contributed by atoms with Gasteiger partial charge in [-0.25, -0.2) is 0 Å². The van der Waals surface area contributed by atoms with E-state index in [-0.39, 0.29) is 17.9 Å². The van der Waals surface area contributed by atoms with Gasteiger partial charge in [-0.3, -0.25) is 4.79 Å². The van der Waals surface area contributed by atoms with Crippen LogP contribution in [0, 0.1) is 11.8 Å². The van der Waals surface area contributed by atoms with E-state index < -0.39 is 0 Å². The van der Waals surface area contributed by atoms with Crippen molar-refractivity contribution in [2.75, 3.05) is 0 Å². The molecule has 0 heterocycles. The number of rotatable bonds is 5. The van der Waals surface area contributed by atoms with Crippen molar-refractivity contribution in [3.63, 3.8) is 0 Å². The number of hydrogen-bond acceptors (Lipinski definition) is 1.